The van der Waals surface area contributed by atoms with Crippen LogP contribution in [0.5, 0.6) is 5.75 Å². The number of ether oxygens (including phenoxy) is 1. The first-order valence-electron chi connectivity index (χ1n) is 7.04. The second kappa shape index (κ2) is 7.26. The van der Waals surface area contributed by atoms with E-state index >= 15 is 0 Å². The van der Waals surface area contributed by atoms with Crippen LogP contribution in [0.3, 0.4) is 0 Å². The van der Waals surface area contributed by atoms with Gasteiger partial charge >= 0.3 is 5.97 Å². The Labute approximate surface area is 119 Å². The Morgan fingerprint density at radius 1 is 1.40 bits per heavy atom. The number of rotatable bonds is 6. The topological polar surface area (TPSA) is 61.8 Å². The summed E-state index contributed by atoms with van der Waals surface area (Å²) in [5, 5.41) is 12.5. The lowest BCUT2D eigenvalue weighted by atomic mass is 10.1. The van der Waals surface area contributed by atoms with E-state index in [-0.39, 0.29) is 5.56 Å². The monoisotopic (exact) mass is 278 g/mol. The average Bonchev–Trinajstić information content (AvgIpc) is 2.46. The molecule has 5 heteroatoms. The van der Waals surface area contributed by atoms with E-state index in [9.17, 15) is 4.79 Å². The van der Waals surface area contributed by atoms with E-state index in [1.54, 1.807) is 24.3 Å². The van der Waals surface area contributed by atoms with Gasteiger partial charge in [-0.15, -0.1) is 0 Å². The van der Waals surface area contributed by atoms with Crippen molar-refractivity contribution >= 4 is 5.97 Å². The third kappa shape index (κ3) is 4.21. The standard InChI is InChI=1S/C15H22N2O3/c1-17-9-6-12(7-10-17)16-8-11-20-14-5-3-2-4-13(14)15(18)19/h2-5,12,16H,6-11H2,1H3,(H,18,19). The lowest BCUT2D eigenvalue weighted by Gasteiger charge is -2.29. The highest BCUT2D eigenvalue weighted by Gasteiger charge is 2.15. The molecule has 0 amide bonds. The molecule has 0 bridgehead atoms. The van der Waals surface area contributed by atoms with Crippen LogP contribution in [0.25, 0.3) is 0 Å². The second-order valence-corrected chi connectivity index (χ2v) is 5.18. The predicted octanol–water partition coefficient (Wildman–Crippen LogP) is 1.45. The summed E-state index contributed by atoms with van der Waals surface area (Å²) < 4.78 is 5.56. The van der Waals surface area contributed by atoms with Gasteiger partial charge in [0, 0.05) is 12.6 Å². The fourth-order valence-electron chi connectivity index (χ4n) is 2.41. The molecule has 0 radical (unpaired) electrons. The molecular formula is C15H22N2O3. The van der Waals surface area contributed by atoms with E-state index in [0.717, 1.165) is 32.5 Å². The van der Waals surface area contributed by atoms with E-state index in [4.69, 9.17) is 9.84 Å². The summed E-state index contributed by atoms with van der Waals surface area (Å²) >= 11 is 0. The second-order valence-electron chi connectivity index (χ2n) is 5.18. The number of nitrogens with zero attached hydrogens (tertiary/aromatic N) is 1. The van der Waals surface area contributed by atoms with Gasteiger partial charge in [0.15, 0.2) is 0 Å². The maximum Gasteiger partial charge on any atom is 0.339 e. The maximum atomic E-state index is 11.0. The zero-order chi connectivity index (χ0) is 14.4. The van der Waals surface area contributed by atoms with Crippen molar-refractivity contribution in [3.63, 3.8) is 0 Å². The molecule has 0 aromatic heterocycles. The largest absolute Gasteiger partial charge is 0.491 e. The molecule has 2 N–H and O–H groups in total. The van der Waals surface area contributed by atoms with Crippen LogP contribution < -0.4 is 10.1 Å². The normalized spacial score (nSPS) is 17.1. The highest BCUT2D eigenvalue weighted by Crippen LogP contribution is 2.17. The van der Waals surface area contributed by atoms with Gasteiger partial charge in [0.25, 0.3) is 0 Å². The zero-order valence-electron chi connectivity index (χ0n) is 11.8. The molecule has 0 saturated carbocycles. The van der Waals surface area contributed by atoms with Crippen molar-refractivity contribution in [3.8, 4) is 5.75 Å². The van der Waals surface area contributed by atoms with Crippen molar-refractivity contribution in [3.05, 3.63) is 29.8 Å². The van der Waals surface area contributed by atoms with Gasteiger partial charge in [-0.2, -0.15) is 0 Å². The Morgan fingerprint density at radius 2 is 2.10 bits per heavy atom. The predicted molar refractivity (Wildman–Crippen MR) is 77.4 cm³/mol. The molecule has 1 aliphatic rings. The minimum atomic E-state index is -0.955. The van der Waals surface area contributed by atoms with Gasteiger partial charge in [-0.3, -0.25) is 0 Å². The Kier molecular flexibility index (Phi) is 5.38. The molecule has 5 nitrogen and oxygen atoms in total. The minimum absolute atomic E-state index is 0.215. The third-order valence-electron chi connectivity index (χ3n) is 3.63. The molecule has 1 saturated heterocycles. The third-order valence-corrected chi connectivity index (χ3v) is 3.63. The smallest absolute Gasteiger partial charge is 0.339 e. The van der Waals surface area contributed by atoms with Gasteiger partial charge in [-0.1, -0.05) is 12.1 Å². The van der Waals surface area contributed by atoms with Crippen molar-refractivity contribution < 1.29 is 14.6 Å². The summed E-state index contributed by atoms with van der Waals surface area (Å²) in [5.74, 6) is -0.519. The van der Waals surface area contributed by atoms with Crippen molar-refractivity contribution in [2.24, 2.45) is 0 Å². The first-order valence-corrected chi connectivity index (χ1v) is 7.04. The molecule has 0 unspecified atom stereocenters. The van der Waals surface area contributed by atoms with Crippen LogP contribution in [0.15, 0.2) is 24.3 Å². The van der Waals surface area contributed by atoms with Gasteiger partial charge in [0.1, 0.15) is 17.9 Å². The Morgan fingerprint density at radius 3 is 2.80 bits per heavy atom. The van der Waals surface area contributed by atoms with Gasteiger partial charge in [-0.25, -0.2) is 4.79 Å². The summed E-state index contributed by atoms with van der Waals surface area (Å²) in [5.41, 5.74) is 0.215. The number of aromatic carboxylic acids is 1. The van der Waals surface area contributed by atoms with Crippen LogP contribution in [0.2, 0.25) is 0 Å². The summed E-state index contributed by atoms with van der Waals surface area (Å²) in [7, 11) is 2.14. The van der Waals surface area contributed by atoms with E-state index in [1.807, 2.05) is 0 Å². The molecule has 1 aromatic carbocycles. The minimum Gasteiger partial charge on any atom is -0.491 e. The Bertz CT molecular complexity index is 442. The number of piperidine rings is 1. The molecule has 1 fully saturated rings. The van der Waals surface area contributed by atoms with Crippen LogP contribution in [0, 0.1) is 0 Å². The van der Waals surface area contributed by atoms with Crippen molar-refractivity contribution in [2.45, 2.75) is 18.9 Å². The van der Waals surface area contributed by atoms with Crippen molar-refractivity contribution in [2.75, 3.05) is 33.3 Å². The van der Waals surface area contributed by atoms with Gasteiger partial charge in [-0.05, 0) is 45.1 Å². The number of likely N-dealkylation sites (tertiary alicyclic amines) is 1. The highest BCUT2D eigenvalue weighted by molar-refractivity contribution is 5.90. The molecule has 1 aromatic rings. The van der Waals surface area contributed by atoms with Gasteiger partial charge < -0.3 is 20.1 Å². The van der Waals surface area contributed by atoms with Crippen LogP contribution in [0.1, 0.15) is 23.2 Å². The number of carbonyl (C=O) groups is 1. The fourth-order valence-corrected chi connectivity index (χ4v) is 2.41. The molecule has 20 heavy (non-hydrogen) atoms. The molecule has 1 heterocycles. The van der Waals surface area contributed by atoms with E-state index in [0.29, 0.717) is 18.4 Å². The zero-order valence-corrected chi connectivity index (χ0v) is 11.8. The summed E-state index contributed by atoms with van der Waals surface area (Å²) in [6.45, 7) is 3.47. The van der Waals surface area contributed by atoms with Crippen molar-refractivity contribution in [1.29, 1.82) is 0 Å². The molecular weight excluding hydrogens is 256 g/mol. The number of carboxylic acids is 1. The summed E-state index contributed by atoms with van der Waals surface area (Å²) in [6, 6.07) is 7.28. The van der Waals surface area contributed by atoms with Gasteiger partial charge in [0.05, 0.1) is 0 Å². The molecule has 0 aliphatic carbocycles. The molecule has 0 spiro atoms. The Hall–Kier alpha value is -1.59. The van der Waals surface area contributed by atoms with E-state index < -0.39 is 5.97 Å². The quantitative estimate of drug-likeness (QED) is 0.771. The first kappa shape index (κ1) is 14.8. The van der Waals surface area contributed by atoms with Crippen LogP contribution in [0.4, 0.5) is 0 Å². The van der Waals surface area contributed by atoms with Crippen LogP contribution in [-0.2, 0) is 0 Å². The molecule has 2 rings (SSSR count). The summed E-state index contributed by atoms with van der Waals surface area (Å²) in [6.07, 6.45) is 2.31. The average molecular weight is 278 g/mol. The number of benzene rings is 1. The van der Waals surface area contributed by atoms with Gasteiger partial charge in [0.2, 0.25) is 0 Å². The number of nitrogens with one attached hydrogen (secondary N) is 1. The fraction of sp³-hybridized carbons (Fsp3) is 0.533. The van der Waals surface area contributed by atoms with Crippen LogP contribution in [-0.4, -0.2) is 55.3 Å². The number of carboxylic acid groups (broad SMARTS) is 1. The first-order chi connectivity index (χ1) is 9.66. The lowest BCUT2D eigenvalue weighted by molar-refractivity contribution is 0.0692. The number of para-hydroxylation sites is 1. The van der Waals surface area contributed by atoms with Crippen LogP contribution >= 0.6 is 0 Å². The molecule has 1 aliphatic heterocycles. The lowest BCUT2D eigenvalue weighted by Crippen LogP contribution is -2.42. The molecule has 110 valence electrons. The molecule has 0 atom stereocenters. The van der Waals surface area contributed by atoms with Crippen molar-refractivity contribution in [1.82, 2.24) is 10.2 Å². The summed E-state index contributed by atoms with van der Waals surface area (Å²) in [4.78, 5) is 13.4. The maximum absolute atomic E-state index is 11.0. The number of hydrogen-bond donors (Lipinski definition) is 2. The Balaban J connectivity index is 1.72. The van der Waals surface area contributed by atoms with E-state index in [2.05, 4.69) is 17.3 Å². The number of hydrogen-bond acceptors (Lipinski definition) is 4. The van der Waals surface area contributed by atoms with E-state index in [1.165, 1.54) is 0 Å². The SMILES string of the molecule is CN1CCC(NCCOc2ccccc2C(=O)O)CC1. The highest BCUT2D eigenvalue weighted by atomic mass is 16.5.